The molecule has 1 amide bonds. The van der Waals surface area contributed by atoms with Crippen LogP contribution in [0, 0.1) is 0 Å². The number of ether oxygens (including phenoxy) is 2. The van der Waals surface area contributed by atoms with E-state index in [1.54, 1.807) is 16.7 Å². The van der Waals surface area contributed by atoms with Gasteiger partial charge >= 0.3 is 0 Å². The zero-order chi connectivity index (χ0) is 18.4. The Hall–Kier alpha value is -2.46. The highest BCUT2D eigenvalue weighted by Crippen LogP contribution is 2.44. The van der Waals surface area contributed by atoms with Crippen LogP contribution in [0.2, 0.25) is 0 Å². The molecule has 5 rings (SSSR count). The number of hydrogen-bond donors (Lipinski definition) is 1. The van der Waals surface area contributed by atoms with Crippen molar-refractivity contribution in [2.45, 2.75) is 5.37 Å². The molecule has 9 nitrogen and oxygen atoms in total. The molecule has 1 aromatic carbocycles. The molecule has 0 saturated carbocycles. The molecule has 2 saturated heterocycles. The minimum Gasteiger partial charge on any atom is -0.454 e. The summed E-state index contributed by atoms with van der Waals surface area (Å²) < 4.78 is 10.9. The van der Waals surface area contributed by atoms with Crippen LogP contribution in [0.5, 0.6) is 11.5 Å². The van der Waals surface area contributed by atoms with Crippen LogP contribution in [0.25, 0.3) is 0 Å². The van der Waals surface area contributed by atoms with Crippen molar-refractivity contribution in [1.29, 1.82) is 0 Å². The number of piperazine rings is 1. The first-order chi connectivity index (χ1) is 13.2. The first kappa shape index (κ1) is 16.7. The number of aromatic nitrogens is 3. The highest BCUT2D eigenvalue weighted by molar-refractivity contribution is 8.00. The van der Waals surface area contributed by atoms with Crippen molar-refractivity contribution in [2.24, 2.45) is 0 Å². The Morgan fingerprint density at radius 3 is 2.85 bits per heavy atom. The van der Waals surface area contributed by atoms with E-state index in [9.17, 15) is 4.79 Å². The molecule has 0 aliphatic carbocycles. The molecule has 2 aromatic rings. The van der Waals surface area contributed by atoms with E-state index >= 15 is 0 Å². The molecule has 4 heterocycles. The Morgan fingerprint density at radius 1 is 1.19 bits per heavy atom. The van der Waals surface area contributed by atoms with Crippen LogP contribution >= 0.6 is 11.8 Å². The molecule has 0 unspecified atom stereocenters. The van der Waals surface area contributed by atoms with Gasteiger partial charge in [-0.25, -0.2) is 5.10 Å². The highest BCUT2D eigenvalue weighted by atomic mass is 32.2. The van der Waals surface area contributed by atoms with E-state index in [2.05, 4.69) is 32.0 Å². The maximum atomic E-state index is 12.6. The van der Waals surface area contributed by atoms with Crippen molar-refractivity contribution < 1.29 is 14.3 Å². The van der Waals surface area contributed by atoms with E-state index in [1.165, 1.54) is 0 Å². The largest absolute Gasteiger partial charge is 0.454 e. The number of carbonyl (C=O) groups excluding carboxylic acids is 1. The molecule has 3 aliphatic heterocycles. The molecule has 0 spiro atoms. The van der Waals surface area contributed by atoms with Crippen molar-refractivity contribution in [1.82, 2.24) is 20.1 Å². The number of amides is 1. The predicted molar refractivity (Wildman–Crippen MR) is 101 cm³/mol. The first-order valence-corrected chi connectivity index (χ1v) is 9.93. The van der Waals surface area contributed by atoms with Crippen LogP contribution < -0.4 is 19.3 Å². The number of thioether (sulfide) groups is 1. The highest BCUT2D eigenvalue weighted by Gasteiger charge is 2.37. The van der Waals surface area contributed by atoms with Crippen molar-refractivity contribution in [2.75, 3.05) is 55.6 Å². The standard InChI is InChI=1S/C17H20N6O3S/c1-21-4-6-22(7-5-21)16-18-17(20-19-16)23-14(24)9-27-15(23)11-2-3-12-13(8-11)26-10-25-12/h2-3,8,15H,4-7,9-10H2,1H3,(H,18,19,20)/t15-/m1/s1. The Balaban J connectivity index is 1.40. The van der Waals surface area contributed by atoms with Gasteiger partial charge in [0.2, 0.25) is 24.6 Å². The third kappa shape index (κ3) is 2.98. The van der Waals surface area contributed by atoms with E-state index in [0.717, 1.165) is 37.5 Å². The minimum atomic E-state index is -0.166. The van der Waals surface area contributed by atoms with Gasteiger partial charge in [0.25, 0.3) is 0 Å². The summed E-state index contributed by atoms with van der Waals surface area (Å²) in [5, 5.41) is 7.15. The fourth-order valence-electron chi connectivity index (χ4n) is 3.47. The number of benzene rings is 1. The maximum Gasteiger partial charge on any atom is 0.246 e. The summed E-state index contributed by atoms with van der Waals surface area (Å²) in [5.41, 5.74) is 0.979. The van der Waals surface area contributed by atoms with Gasteiger partial charge in [-0.05, 0) is 24.7 Å². The van der Waals surface area contributed by atoms with E-state index in [1.807, 2.05) is 18.2 Å². The molecule has 1 N–H and O–H groups in total. The lowest BCUT2D eigenvalue weighted by molar-refractivity contribution is -0.115. The average Bonchev–Trinajstić information content (AvgIpc) is 3.40. The van der Waals surface area contributed by atoms with Crippen LogP contribution in [0.3, 0.4) is 0 Å². The molecule has 27 heavy (non-hydrogen) atoms. The van der Waals surface area contributed by atoms with Gasteiger partial charge < -0.3 is 19.3 Å². The molecule has 1 atom stereocenters. The molecule has 142 valence electrons. The van der Waals surface area contributed by atoms with Gasteiger partial charge in [0.1, 0.15) is 5.37 Å². The topological polar surface area (TPSA) is 86.8 Å². The molecule has 1 aromatic heterocycles. The van der Waals surface area contributed by atoms with Gasteiger partial charge in [-0.2, -0.15) is 4.98 Å². The number of nitrogens with one attached hydrogen (secondary N) is 1. The molecule has 2 fully saturated rings. The van der Waals surface area contributed by atoms with Gasteiger partial charge in [0.05, 0.1) is 5.75 Å². The van der Waals surface area contributed by atoms with E-state index in [-0.39, 0.29) is 18.1 Å². The van der Waals surface area contributed by atoms with E-state index < -0.39 is 0 Å². The zero-order valence-corrected chi connectivity index (χ0v) is 15.7. The fourth-order valence-corrected chi connectivity index (χ4v) is 4.61. The number of hydrogen-bond acceptors (Lipinski definition) is 8. The number of likely N-dealkylation sites (N-methyl/N-ethyl adjacent to an activating group) is 1. The normalized spacial score (nSPS) is 22.7. The molecule has 0 bridgehead atoms. The monoisotopic (exact) mass is 388 g/mol. The second kappa shape index (κ2) is 6.61. The number of fused-ring (bicyclic) bond motifs is 1. The summed E-state index contributed by atoms with van der Waals surface area (Å²) in [7, 11) is 2.11. The van der Waals surface area contributed by atoms with E-state index in [4.69, 9.17) is 9.47 Å². The fraction of sp³-hybridized carbons (Fsp3) is 0.471. The smallest absolute Gasteiger partial charge is 0.246 e. The van der Waals surface area contributed by atoms with Gasteiger partial charge in [-0.15, -0.1) is 16.9 Å². The Labute approximate surface area is 160 Å². The Bertz CT molecular complexity index is 866. The number of H-pyrrole nitrogens is 1. The summed E-state index contributed by atoms with van der Waals surface area (Å²) in [6.07, 6.45) is 0. The zero-order valence-electron chi connectivity index (χ0n) is 14.9. The molecular formula is C17H20N6O3S. The quantitative estimate of drug-likeness (QED) is 0.835. The first-order valence-electron chi connectivity index (χ1n) is 8.88. The van der Waals surface area contributed by atoms with Crippen molar-refractivity contribution in [3.8, 4) is 11.5 Å². The molecule has 0 radical (unpaired) electrons. The van der Waals surface area contributed by atoms with Gasteiger partial charge in [-0.1, -0.05) is 6.07 Å². The number of aromatic amines is 1. The number of carbonyl (C=O) groups is 1. The summed E-state index contributed by atoms with van der Waals surface area (Å²) in [5.74, 6) is 3.00. The summed E-state index contributed by atoms with van der Waals surface area (Å²) in [6.45, 7) is 3.93. The summed E-state index contributed by atoms with van der Waals surface area (Å²) >= 11 is 1.57. The van der Waals surface area contributed by atoms with Gasteiger partial charge in [-0.3, -0.25) is 9.69 Å². The number of anilines is 2. The minimum absolute atomic E-state index is 0.0174. The lowest BCUT2D eigenvalue weighted by Crippen LogP contribution is -2.45. The maximum absolute atomic E-state index is 12.6. The van der Waals surface area contributed by atoms with Crippen molar-refractivity contribution >= 4 is 29.6 Å². The van der Waals surface area contributed by atoms with Crippen LogP contribution in [0.15, 0.2) is 18.2 Å². The van der Waals surface area contributed by atoms with Crippen LogP contribution in [0.1, 0.15) is 10.9 Å². The Kier molecular flexibility index (Phi) is 4.09. The lowest BCUT2D eigenvalue weighted by atomic mass is 10.2. The van der Waals surface area contributed by atoms with Crippen molar-refractivity contribution in [3.63, 3.8) is 0 Å². The molecule has 3 aliphatic rings. The number of nitrogens with zero attached hydrogens (tertiary/aromatic N) is 5. The third-order valence-electron chi connectivity index (χ3n) is 5.03. The summed E-state index contributed by atoms with van der Waals surface area (Å²) in [6, 6.07) is 5.78. The van der Waals surface area contributed by atoms with Crippen LogP contribution in [-0.4, -0.2) is 71.8 Å². The average molecular weight is 388 g/mol. The third-order valence-corrected chi connectivity index (χ3v) is 6.24. The second-order valence-corrected chi connectivity index (χ2v) is 7.86. The lowest BCUT2D eigenvalue weighted by Gasteiger charge is -2.31. The Morgan fingerprint density at radius 2 is 2.00 bits per heavy atom. The summed E-state index contributed by atoms with van der Waals surface area (Å²) in [4.78, 5) is 23.3. The van der Waals surface area contributed by atoms with E-state index in [0.29, 0.717) is 23.4 Å². The van der Waals surface area contributed by atoms with Crippen LogP contribution in [0.4, 0.5) is 11.9 Å². The van der Waals surface area contributed by atoms with Crippen LogP contribution in [-0.2, 0) is 4.79 Å². The molecular weight excluding hydrogens is 368 g/mol. The second-order valence-electron chi connectivity index (χ2n) is 6.79. The van der Waals surface area contributed by atoms with Crippen molar-refractivity contribution in [3.05, 3.63) is 23.8 Å². The van der Waals surface area contributed by atoms with Gasteiger partial charge in [0, 0.05) is 26.2 Å². The predicted octanol–water partition coefficient (Wildman–Crippen LogP) is 1.06. The molecule has 10 heteroatoms. The van der Waals surface area contributed by atoms with Gasteiger partial charge in [0.15, 0.2) is 11.5 Å². The number of rotatable bonds is 3. The SMILES string of the molecule is CN1CCN(c2n[nH]c(N3C(=O)CS[C@@H]3c3ccc4c(c3)OCO4)n2)CC1.